The molecule has 4 heteroatoms. The fourth-order valence-electron chi connectivity index (χ4n) is 4.37. The number of piperidine rings is 1. The van der Waals surface area contributed by atoms with Crippen LogP contribution in [0, 0.1) is 11.8 Å². The molecule has 2 aliphatic carbocycles. The second kappa shape index (κ2) is 6.45. The summed E-state index contributed by atoms with van der Waals surface area (Å²) in [6, 6.07) is 0.836. The number of carbonyl (C=O) groups is 1. The second-order valence-electron chi connectivity index (χ2n) is 6.56. The molecule has 0 radical (unpaired) electrons. The summed E-state index contributed by atoms with van der Waals surface area (Å²) >= 11 is 0. The van der Waals surface area contributed by atoms with Gasteiger partial charge >= 0.3 is 0 Å². The normalized spacial score (nSPS) is 38.5. The topological polar surface area (TPSA) is 46.3 Å². The lowest BCUT2D eigenvalue weighted by Gasteiger charge is -2.45. The van der Waals surface area contributed by atoms with Crippen LogP contribution in [0.5, 0.6) is 0 Å². The molecule has 0 bridgehead atoms. The molecule has 3 rings (SSSR count). The van der Waals surface area contributed by atoms with Crippen LogP contribution in [0.2, 0.25) is 0 Å². The van der Waals surface area contributed by atoms with E-state index in [0.29, 0.717) is 11.9 Å². The number of hydrogen-bond donors (Lipinski definition) is 1. The van der Waals surface area contributed by atoms with Crippen LogP contribution in [0.1, 0.15) is 57.8 Å². The van der Waals surface area contributed by atoms with Crippen molar-refractivity contribution in [2.45, 2.75) is 69.9 Å². The van der Waals surface area contributed by atoms with Gasteiger partial charge in [-0.3, -0.25) is 4.79 Å². The summed E-state index contributed by atoms with van der Waals surface area (Å²) in [7, 11) is 0. The Morgan fingerprint density at radius 3 is 2.47 bits per heavy atom. The first-order valence-electron chi connectivity index (χ1n) is 7.82. The Bertz CT molecular complexity index is 321. The molecule has 3 fully saturated rings. The molecule has 1 amide bonds. The molecule has 4 unspecified atom stereocenters. The lowest BCUT2D eigenvalue weighted by atomic mass is 9.78. The summed E-state index contributed by atoms with van der Waals surface area (Å²) in [6.45, 7) is 1.01. The van der Waals surface area contributed by atoms with E-state index in [0.717, 1.165) is 31.7 Å². The first kappa shape index (κ1) is 15.1. The van der Waals surface area contributed by atoms with Gasteiger partial charge in [0.1, 0.15) is 0 Å². The van der Waals surface area contributed by atoms with Gasteiger partial charge in [0.25, 0.3) is 0 Å². The molecule has 2 N–H and O–H groups in total. The average molecular weight is 287 g/mol. The van der Waals surface area contributed by atoms with Gasteiger partial charge in [0, 0.05) is 24.5 Å². The van der Waals surface area contributed by atoms with Crippen LogP contribution in [0.3, 0.4) is 0 Å². The Hall–Kier alpha value is -0.280. The number of nitrogens with two attached hydrogens (primary N) is 1. The van der Waals surface area contributed by atoms with Crippen LogP contribution in [0.15, 0.2) is 0 Å². The highest BCUT2D eigenvalue weighted by Crippen LogP contribution is 2.37. The maximum absolute atomic E-state index is 12.7. The first-order chi connectivity index (χ1) is 8.75. The van der Waals surface area contributed by atoms with Gasteiger partial charge in [-0.1, -0.05) is 12.8 Å². The first-order valence-corrected chi connectivity index (χ1v) is 7.82. The Morgan fingerprint density at radius 2 is 1.74 bits per heavy atom. The van der Waals surface area contributed by atoms with Gasteiger partial charge in [0.2, 0.25) is 5.91 Å². The summed E-state index contributed by atoms with van der Waals surface area (Å²) in [5, 5.41) is 0. The van der Waals surface area contributed by atoms with Crippen molar-refractivity contribution in [1.82, 2.24) is 4.90 Å². The predicted molar refractivity (Wildman–Crippen MR) is 79.3 cm³/mol. The molecule has 1 saturated heterocycles. The minimum atomic E-state index is 0. The Kier molecular flexibility index (Phi) is 5.13. The van der Waals surface area contributed by atoms with Crippen molar-refractivity contribution in [2.75, 3.05) is 6.54 Å². The molecule has 19 heavy (non-hydrogen) atoms. The number of hydrogen-bond acceptors (Lipinski definition) is 2. The third kappa shape index (κ3) is 3.08. The molecule has 3 nitrogen and oxygen atoms in total. The molecule has 1 heterocycles. The third-order valence-corrected chi connectivity index (χ3v) is 5.35. The summed E-state index contributed by atoms with van der Waals surface area (Å²) in [6.07, 6.45) is 10.8. The van der Waals surface area contributed by atoms with E-state index >= 15 is 0 Å². The number of halogens is 1. The predicted octanol–water partition coefficient (Wildman–Crippen LogP) is 2.72. The largest absolute Gasteiger partial charge is 0.339 e. The summed E-state index contributed by atoms with van der Waals surface area (Å²) in [5.74, 6) is 1.46. The highest BCUT2D eigenvalue weighted by molar-refractivity contribution is 5.85. The van der Waals surface area contributed by atoms with Crippen LogP contribution in [-0.4, -0.2) is 29.4 Å². The standard InChI is InChI=1S/C15H26N2O.ClH/c16-13-8-7-12(10-13)15(18)17-9-3-5-11-4-1-2-6-14(11)17;/h11-14H,1-10,16H2;1H. The second-order valence-corrected chi connectivity index (χ2v) is 6.56. The van der Waals surface area contributed by atoms with E-state index in [-0.39, 0.29) is 24.4 Å². The fourth-order valence-corrected chi connectivity index (χ4v) is 4.37. The third-order valence-electron chi connectivity index (χ3n) is 5.35. The lowest BCUT2D eigenvalue weighted by molar-refractivity contribution is -0.141. The van der Waals surface area contributed by atoms with E-state index in [4.69, 9.17) is 5.73 Å². The highest BCUT2D eigenvalue weighted by Gasteiger charge is 2.39. The number of rotatable bonds is 1. The van der Waals surface area contributed by atoms with Crippen molar-refractivity contribution in [3.63, 3.8) is 0 Å². The van der Waals surface area contributed by atoms with E-state index in [1.807, 2.05) is 0 Å². The Balaban J connectivity index is 0.00000133. The van der Waals surface area contributed by atoms with Gasteiger partial charge < -0.3 is 10.6 Å². The summed E-state index contributed by atoms with van der Waals surface area (Å²) in [5.41, 5.74) is 5.95. The van der Waals surface area contributed by atoms with Gasteiger partial charge in [0.05, 0.1) is 0 Å². The van der Waals surface area contributed by atoms with Crippen molar-refractivity contribution in [1.29, 1.82) is 0 Å². The molecule has 0 aromatic heterocycles. The number of nitrogens with zero attached hydrogens (tertiary/aromatic N) is 1. The average Bonchev–Trinajstić information content (AvgIpc) is 2.84. The van der Waals surface area contributed by atoms with Crippen molar-refractivity contribution in [3.05, 3.63) is 0 Å². The number of carbonyl (C=O) groups excluding carboxylic acids is 1. The molecule has 2 saturated carbocycles. The van der Waals surface area contributed by atoms with Crippen molar-refractivity contribution in [2.24, 2.45) is 17.6 Å². The minimum absolute atomic E-state index is 0. The highest BCUT2D eigenvalue weighted by atomic mass is 35.5. The zero-order valence-electron chi connectivity index (χ0n) is 11.7. The van der Waals surface area contributed by atoms with Gasteiger partial charge in [-0.15, -0.1) is 12.4 Å². The summed E-state index contributed by atoms with van der Waals surface area (Å²) in [4.78, 5) is 14.9. The Labute approximate surface area is 122 Å². The van der Waals surface area contributed by atoms with Crippen LogP contribution in [0.25, 0.3) is 0 Å². The van der Waals surface area contributed by atoms with Crippen LogP contribution < -0.4 is 5.73 Å². The maximum atomic E-state index is 12.7. The number of likely N-dealkylation sites (tertiary alicyclic amines) is 1. The van der Waals surface area contributed by atoms with Crippen LogP contribution >= 0.6 is 12.4 Å². The smallest absolute Gasteiger partial charge is 0.225 e. The van der Waals surface area contributed by atoms with Crippen molar-refractivity contribution >= 4 is 18.3 Å². The van der Waals surface area contributed by atoms with E-state index in [1.54, 1.807) is 0 Å². The minimum Gasteiger partial charge on any atom is -0.339 e. The molecular weight excluding hydrogens is 260 g/mol. The molecule has 3 aliphatic rings. The zero-order chi connectivity index (χ0) is 12.5. The molecular formula is C15H27ClN2O. The number of amides is 1. The van der Waals surface area contributed by atoms with Gasteiger partial charge in [0.15, 0.2) is 0 Å². The Morgan fingerprint density at radius 1 is 1.00 bits per heavy atom. The molecule has 1 aliphatic heterocycles. The number of fused-ring (bicyclic) bond motifs is 1. The van der Waals surface area contributed by atoms with Crippen molar-refractivity contribution < 1.29 is 4.79 Å². The zero-order valence-corrected chi connectivity index (χ0v) is 12.5. The van der Waals surface area contributed by atoms with E-state index < -0.39 is 0 Å². The monoisotopic (exact) mass is 286 g/mol. The maximum Gasteiger partial charge on any atom is 0.225 e. The van der Waals surface area contributed by atoms with E-state index in [2.05, 4.69) is 4.90 Å². The van der Waals surface area contributed by atoms with Gasteiger partial charge in [-0.2, -0.15) is 0 Å². The van der Waals surface area contributed by atoms with E-state index in [9.17, 15) is 4.79 Å². The van der Waals surface area contributed by atoms with E-state index in [1.165, 1.54) is 38.5 Å². The quantitative estimate of drug-likeness (QED) is 0.806. The summed E-state index contributed by atoms with van der Waals surface area (Å²) < 4.78 is 0. The molecule has 4 atom stereocenters. The molecule has 110 valence electrons. The molecule has 0 aromatic rings. The molecule has 0 spiro atoms. The molecule has 0 aromatic carbocycles. The van der Waals surface area contributed by atoms with Crippen LogP contribution in [0.4, 0.5) is 0 Å². The van der Waals surface area contributed by atoms with Crippen molar-refractivity contribution in [3.8, 4) is 0 Å². The van der Waals surface area contributed by atoms with Gasteiger partial charge in [-0.05, 0) is 50.9 Å². The lowest BCUT2D eigenvalue weighted by Crippen LogP contribution is -2.51. The SMILES string of the molecule is Cl.NC1CCC(C(=O)N2CCCC3CCCCC32)C1. The fraction of sp³-hybridized carbons (Fsp3) is 0.933. The van der Waals surface area contributed by atoms with Crippen LogP contribution in [-0.2, 0) is 4.79 Å². The van der Waals surface area contributed by atoms with Gasteiger partial charge in [-0.25, -0.2) is 0 Å².